The number of ether oxygens (including phenoxy) is 2. The van der Waals surface area contributed by atoms with Crippen LogP contribution in [0.25, 0.3) is 0 Å². The van der Waals surface area contributed by atoms with Gasteiger partial charge < -0.3 is 19.7 Å². The quantitative estimate of drug-likeness (QED) is 0.512. The third kappa shape index (κ3) is 4.68. The SMILES string of the molecule is CC1(C)S[C@@H]2[C@H](NC(=O)COc3ccccc3)C(=O)N2[C@H]1C(=O)OCC1CCCCC1. The van der Waals surface area contributed by atoms with Gasteiger partial charge in [0.15, 0.2) is 6.61 Å². The lowest BCUT2D eigenvalue weighted by molar-refractivity contribution is -0.165. The average molecular weight is 447 g/mol. The topological polar surface area (TPSA) is 84.9 Å². The van der Waals surface area contributed by atoms with Crippen molar-refractivity contribution >= 4 is 29.5 Å². The molecule has 3 atom stereocenters. The summed E-state index contributed by atoms with van der Waals surface area (Å²) in [4.78, 5) is 39.6. The minimum absolute atomic E-state index is 0.165. The summed E-state index contributed by atoms with van der Waals surface area (Å²) in [7, 11) is 0. The number of fused-ring (bicyclic) bond motifs is 1. The molecule has 0 spiro atoms. The zero-order valence-corrected chi connectivity index (χ0v) is 18.9. The van der Waals surface area contributed by atoms with Gasteiger partial charge in [-0.05, 0) is 44.7 Å². The predicted molar refractivity (Wildman–Crippen MR) is 117 cm³/mol. The van der Waals surface area contributed by atoms with Crippen molar-refractivity contribution < 1.29 is 23.9 Å². The number of rotatable bonds is 7. The van der Waals surface area contributed by atoms with E-state index in [9.17, 15) is 14.4 Å². The molecule has 2 amide bonds. The van der Waals surface area contributed by atoms with E-state index < -0.39 is 16.8 Å². The van der Waals surface area contributed by atoms with Crippen LogP contribution in [0.3, 0.4) is 0 Å². The monoisotopic (exact) mass is 446 g/mol. The molecule has 168 valence electrons. The van der Waals surface area contributed by atoms with Gasteiger partial charge in [0.2, 0.25) is 5.91 Å². The van der Waals surface area contributed by atoms with Crippen LogP contribution < -0.4 is 10.1 Å². The van der Waals surface area contributed by atoms with Crippen molar-refractivity contribution in [1.82, 2.24) is 10.2 Å². The lowest BCUT2D eigenvalue weighted by Gasteiger charge is -2.44. The van der Waals surface area contributed by atoms with Crippen LogP contribution in [0.1, 0.15) is 46.0 Å². The van der Waals surface area contributed by atoms with Gasteiger partial charge in [0.25, 0.3) is 5.91 Å². The van der Waals surface area contributed by atoms with E-state index in [0.717, 1.165) is 12.8 Å². The van der Waals surface area contributed by atoms with Gasteiger partial charge in [-0.25, -0.2) is 4.79 Å². The van der Waals surface area contributed by atoms with E-state index in [1.165, 1.54) is 31.0 Å². The Labute approximate surface area is 187 Å². The predicted octanol–water partition coefficient (Wildman–Crippen LogP) is 2.74. The number of benzene rings is 1. The first-order valence-corrected chi connectivity index (χ1v) is 11.9. The van der Waals surface area contributed by atoms with Gasteiger partial charge in [0.05, 0.1) is 6.61 Å². The van der Waals surface area contributed by atoms with Crippen LogP contribution >= 0.6 is 11.8 Å². The Balaban J connectivity index is 1.31. The van der Waals surface area contributed by atoms with Crippen LogP contribution in [0.2, 0.25) is 0 Å². The van der Waals surface area contributed by atoms with E-state index in [-0.39, 0.29) is 29.8 Å². The summed E-state index contributed by atoms with van der Waals surface area (Å²) in [5, 5.41) is 2.49. The van der Waals surface area contributed by atoms with Crippen LogP contribution in [0.4, 0.5) is 0 Å². The highest BCUT2D eigenvalue weighted by atomic mass is 32.2. The summed E-state index contributed by atoms with van der Waals surface area (Å²) in [6.45, 7) is 4.17. The van der Waals surface area contributed by atoms with Crippen molar-refractivity contribution in [2.75, 3.05) is 13.2 Å². The lowest BCUT2D eigenvalue weighted by atomic mass is 9.90. The zero-order valence-electron chi connectivity index (χ0n) is 18.0. The molecule has 2 heterocycles. The molecule has 1 aromatic carbocycles. The molecular formula is C23H30N2O5S. The summed E-state index contributed by atoms with van der Waals surface area (Å²) in [6, 6.07) is 7.77. The molecule has 0 unspecified atom stereocenters. The van der Waals surface area contributed by atoms with Gasteiger partial charge in [0, 0.05) is 4.75 Å². The Hall–Kier alpha value is -2.22. The minimum atomic E-state index is -0.646. The van der Waals surface area contributed by atoms with Crippen molar-refractivity contribution in [3.8, 4) is 5.75 Å². The Morgan fingerprint density at radius 1 is 1.16 bits per heavy atom. The number of hydrogen-bond acceptors (Lipinski definition) is 6. The highest BCUT2D eigenvalue weighted by Gasteiger charge is 2.64. The fourth-order valence-electron chi connectivity index (χ4n) is 4.64. The van der Waals surface area contributed by atoms with Gasteiger partial charge >= 0.3 is 5.97 Å². The van der Waals surface area contributed by atoms with Crippen LogP contribution in [0.15, 0.2) is 30.3 Å². The van der Waals surface area contributed by atoms with E-state index in [1.54, 1.807) is 17.0 Å². The standard InChI is InChI=1S/C23H30N2O5S/c1-23(2)19(22(28)30-13-15-9-5-3-6-10-15)25-20(27)18(21(25)31-23)24-17(26)14-29-16-11-7-4-8-12-16/h4,7-8,11-12,15,18-19,21H,3,5-6,9-10,13-14H2,1-2H3,(H,24,26)/t18-,19+,21-/m1/s1. The molecule has 0 radical (unpaired) electrons. The molecule has 31 heavy (non-hydrogen) atoms. The van der Waals surface area contributed by atoms with Crippen molar-refractivity contribution in [3.63, 3.8) is 0 Å². The molecule has 0 bridgehead atoms. The molecule has 1 aliphatic carbocycles. The maximum absolute atomic E-state index is 12.9. The number of nitrogens with zero attached hydrogens (tertiary/aromatic N) is 1. The van der Waals surface area contributed by atoms with Crippen molar-refractivity contribution in [1.29, 1.82) is 0 Å². The first-order chi connectivity index (χ1) is 14.9. The second kappa shape index (κ2) is 9.10. The smallest absolute Gasteiger partial charge is 0.330 e. The van der Waals surface area contributed by atoms with Crippen molar-refractivity contribution in [2.24, 2.45) is 5.92 Å². The van der Waals surface area contributed by atoms with E-state index in [4.69, 9.17) is 9.47 Å². The molecule has 3 aliphatic rings. The summed E-state index contributed by atoms with van der Waals surface area (Å²) in [5.41, 5.74) is 0. The van der Waals surface area contributed by atoms with Gasteiger partial charge in [-0.3, -0.25) is 9.59 Å². The summed E-state index contributed by atoms with van der Waals surface area (Å²) >= 11 is 1.53. The molecule has 7 nitrogen and oxygen atoms in total. The maximum atomic E-state index is 12.9. The highest BCUT2D eigenvalue weighted by Crippen LogP contribution is 2.51. The summed E-state index contributed by atoms with van der Waals surface area (Å²) < 4.78 is 10.6. The number of carbonyl (C=O) groups is 3. The van der Waals surface area contributed by atoms with E-state index in [0.29, 0.717) is 18.3 Å². The maximum Gasteiger partial charge on any atom is 0.330 e. The first kappa shape index (κ1) is 22.0. The minimum Gasteiger partial charge on any atom is -0.484 e. The second-order valence-electron chi connectivity index (χ2n) is 9.04. The number of esters is 1. The molecule has 4 rings (SSSR count). The normalized spacial score (nSPS) is 27.2. The van der Waals surface area contributed by atoms with Gasteiger partial charge in [-0.2, -0.15) is 0 Å². The Morgan fingerprint density at radius 2 is 1.87 bits per heavy atom. The molecule has 3 fully saturated rings. The molecular weight excluding hydrogens is 416 g/mol. The summed E-state index contributed by atoms with van der Waals surface area (Å²) in [5.74, 6) is 0.0845. The van der Waals surface area contributed by atoms with E-state index in [2.05, 4.69) is 5.32 Å². The number of nitrogens with one attached hydrogen (secondary N) is 1. The second-order valence-corrected chi connectivity index (χ2v) is 10.8. The van der Waals surface area contributed by atoms with Crippen LogP contribution in [-0.2, 0) is 19.1 Å². The Bertz CT molecular complexity index is 825. The van der Waals surface area contributed by atoms with Crippen LogP contribution in [0.5, 0.6) is 5.75 Å². The number of hydrogen-bond donors (Lipinski definition) is 1. The van der Waals surface area contributed by atoms with Crippen LogP contribution in [-0.4, -0.2) is 58.1 Å². The molecule has 2 aliphatic heterocycles. The molecule has 1 aromatic rings. The zero-order chi connectivity index (χ0) is 22.0. The number of thioether (sulfide) groups is 1. The molecule has 0 aromatic heterocycles. The molecule has 2 saturated heterocycles. The van der Waals surface area contributed by atoms with E-state index in [1.807, 2.05) is 32.0 Å². The number of β-lactam (4-membered cyclic amide) rings is 1. The fourth-order valence-corrected chi connectivity index (χ4v) is 6.26. The Morgan fingerprint density at radius 3 is 2.58 bits per heavy atom. The molecule has 1 saturated carbocycles. The molecule has 1 N–H and O–H groups in total. The highest BCUT2D eigenvalue weighted by molar-refractivity contribution is 8.01. The molecule has 8 heteroatoms. The summed E-state index contributed by atoms with van der Waals surface area (Å²) in [6.07, 6.45) is 5.83. The third-order valence-electron chi connectivity index (χ3n) is 6.28. The third-order valence-corrected chi connectivity index (χ3v) is 7.85. The average Bonchev–Trinajstić information content (AvgIpc) is 3.03. The number of carbonyl (C=O) groups excluding carboxylic acids is 3. The van der Waals surface area contributed by atoms with Crippen molar-refractivity contribution in [2.45, 2.75) is 68.2 Å². The van der Waals surface area contributed by atoms with Crippen LogP contribution in [0, 0.1) is 5.92 Å². The van der Waals surface area contributed by atoms with Gasteiger partial charge in [0.1, 0.15) is 23.2 Å². The lowest BCUT2D eigenvalue weighted by Crippen LogP contribution is -2.71. The van der Waals surface area contributed by atoms with E-state index >= 15 is 0 Å². The Kier molecular flexibility index (Phi) is 6.46. The fraction of sp³-hybridized carbons (Fsp3) is 0.609. The first-order valence-electron chi connectivity index (χ1n) is 11.0. The van der Waals surface area contributed by atoms with Gasteiger partial charge in [-0.1, -0.05) is 37.5 Å². The number of para-hydroxylation sites is 1. The largest absolute Gasteiger partial charge is 0.484 e. The van der Waals surface area contributed by atoms with Gasteiger partial charge in [-0.15, -0.1) is 11.8 Å². The number of amides is 2. The van der Waals surface area contributed by atoms with Crippen molar-refractivity contribution in [3.05, 3.63) is 30.3 Å².